The van der Waals surface area contributed by atoms with Gasteiger partial charge in [-0.1, -0.05) is 0 Å². The van der Waals surface area contributed by atoms with Gasteiger partial charge in [-0.25, -0.2) is 8.42 Å². The molecule has 1 heterocycles. The molecular weight excluding hydrogens is 180 g/mol. The van der Waals surface area contributed by atoms with E-state index in [0.29, 0.717) is 6.61 Å². The van der Waals surface area contributed by atoms with E-state index in [0.717, 1.165) is 10.6 Å². The van der Waals surface area contributed by atoms with Crippen LogP contribution in [0.5, 0.6) is 0 Å². The van der Waals surface area contributed by atoms with Gasteiger partial charge in [0, 0.05) is 6.54 Å². The zero-order chi connectivity index (χ0) is 9.19. The molecule has 0 aliphatic carbocycles. The summed E-state index contributed by atoms with van der Waals surface area (Å²) in [5, 5.41) is 8.59. The fraction of sp³-hybridized carbons (Fsp3) is 0.833. The molecule has 6 heteroatoms. The Morgan fingerprint density at radius 2 is 2.33 bits per heavy atom. The largest absolute Gasteiger partial charge is 0.377 e. The highest BCUT2D eigenvalue weighted by Crippen LogP contribution is 2.09. The minimum atomic E-state index is -3.26. The quantitative estimate of drug-likeness (QED) is 0.541. The van der Waals surface area contributed by atoms with Crippen molar-refractivity contribution >= 4 is 10.0 Å². The predicted molar refractivity (Wildman–Crippen MR) is 41.8 cm³/mol. The molecule has 0 aromatic carbocycles. The summed E-state index contributed by atoms with van der Waals surface area (Å²) in [4.78, 5) is 0. The standard InChI is InChI=1S/C6H10N2O3S/c1-12(9,10)8-2-3-11-5-6(8)4-7/h6H,2-3,5H2,1H3. The molecule has 1 fully saturated rings. The first-order valence-corrected chi connectivity index (χ1v) is 5.34. The lowest BCUT2D eigenvalue weighted by molar-refractivity contribution is 0.0515. The van der Waals surface area contributed by atoms with Gasteiger partial charge in [0.05, 0.1) is 25.5 Å². The van der Waals surface area contributed by atoms with Crippen LogP contribution in [0, 0.1) is 11.3 Å². The summed E-state index contributed by atoms with van der Waals surface area (Å²) in [7, 11) is -3.26. The molecule has 0 radical (unpaired) electrons. The van der Waals surface area contributed by atoms with Gasteiger partial charge in [-0.05, 0) is 0 Å². The van der Waals surface area contributed by atoms with Crippen molar-refractivity contribution in [2.45, 2.75) is 6.04 Å². The summed E-state index contributed by atoms with van der Waals surface area (Å²) in [5.74, 6) is 0. The second-order valence-corrected chi connectivity index (χ2v) is 4.53. The van der Waals surface area contributed by atoms with Gasteiger partial charge in [-0.2, -0.15) is 9.57 Å². The minimum absolute atomic E-state index is 0.170. The number of nitriles is 1. The lowest BCUT2D eigenvalue weighted by atomic mass is 10.3. The Labute approximate surface area is 71.6 Å². The Morgan fingerprint density at radius 1 is 1.67 bits per heavy atom. The van der Waals surface area contributed by atoms with E-state index < -0.39 is 16.1 Å². The highest BCUT2D eigenvalue weighted by Gasteiger charge is 2.29. The summed E-state index contributed by atoms with van der Waals surface area (Å²) >= 11 is 0. The molecule has 0 aromatic heterocycles. The normalized spacial score (nSPS) is 26.5. The highest BCUT2D eigenvalue weighted by atomic mass is 32.2. The third kappa shape index (κ3) is 1.94. The van der Waals surface area contributed by atoms with Crippen LogP contribution in [0.1, 0.15) is 0 Å². The van der Waals surface area contributed by atoms with Gasteiger partial charge < -0.3 is 4.74 Å². The number of hydrogen-bond donors (Lipinski definition) is 0. The zero-order valence-electron chi connectivity index (χ0n) is 6.73. The van der Waals surface area contributed by atoms with E-state index in [2.05, 4.69) is 0 Å². The van der Waals surface area contributed by atoms with Crippen LogP contribution in [-0.4, -0.2) is 44.8 Å². The van der Waals surface area contributed by atoms with Gasteiger partial charge in [0.1, 0.15) is 6.04 Å². The maximum atomic E-state index is 11.1. The van der Waals surface area contributed by atoms with Crippen LogP contribution in [0.25, 0.3) is 0 Å². The van der Waals surface area contributed by atoms with Gasteiger partial charge in [0.2, 0.25) is 10.0 Å². The molecule has 1 unspecified atom stereocenters. The molecule has 0 aromatic rings. The van der Waals surface area contributed by atoms with Crippen LogP contribution >= 0.6 is 0 Å². The Kier molecular flexibility index (Phi) is 2.67. The average molecular weight is 190 g/mol. The molecule has 0 spiro atoms. The number of sulfonamides is 1. The Morgan fingerprint density at radius 3 is 2.75 bits per heavy atom. The second-order valence-electron chi connectivity index (χ2n) is 2.59. The van der Waals surface area contributed by atoms with E-state index in [1.165, 1.54) is 0 Å². The summed E-state index contributed by atoms with van der Waals surface area (Å²) in [5.41, 5.74) is 0. The van der Waals surface area contributed by atoms with Gasteiger partial charge in [-0.15, -0.1) is 0 Å². The van der Waals surface area contributed by atoms with Crippen LogP contribution in [0.3, 0.4) is 0 Å². The highest BCUT2D eigenvalue weighted by molar-refractivity contribution is 7.88. The molecular formula is C6H10N2O3S. The van der Waals surface area contributed by atoms with Crippen LogP contribution < -0.4 is 0 Å². The number of hydrogen-bond acceptors (Lipinski definition) is 4. The van der Waals surface area contributed by atoms with Crippen molar-refractivity contribution in [1.82, 2.24) is 4.31 Å². The summed E-state index contributed by atoms with van der Waals surface area (Å²) < 4.78 is 28.3. The van der Waals surface area contributed by atoms with E-state index in [1.807, 2.05) is 6.07 Å². The van der Waals surface area contributed by atoms with E-state index in [1.54, 1.807) is 0 Å². The molecule has 12 heavy (non-hydrogen) atoms. The van der Waals surface area contributed by atoms with Crippen LogP contribution in [0.2, 0.25) is 0 Å². The molecule has 1 saturated heterocycles. The number of rotatable bonds is 1. The Balaban J connectivity index is 2.81. The van der Waals surface area contributed by atoms with Crippen molar-refractivity contribution in [2.24, 2.45) is 0 Å². The van der Waals surface area contributed by atoms with Crippen molar-refractivity contribution in [3.8, 4) is 6.07 Å². The number of ether oxygens (including phenoxy) is 1. The average Bonchev–Trinajstić information content (AvgIpc) is 2.03. The first-order chi connectivity index (χ1) is 5.55. The maximum absolute atomic E-state index is 11.1. The summed E-state index contributed by atoms with van der Waals surface area (Å²) in [6.45, 7) is 0.811. The van der Waals surface area contributed by atoms with Crippen molar-refractivity contribution in [3.63, 3.8) is 0 Å². The van der Waals surface area contributed by atoms with Crippen molar-refractivity contribution < 1.29 is 13.2 Å². The van der Waals surface area contributed by atoms with E-state index in [9.17, 15) is 8.42 Å². The van der Waals surface area contributed by atoms with Gasteiger partial charge in [0.15, 0.2) is 0 Å². The summed E-state index contributed by atoms with van der Waals surface area (Å²) in [6, 6.07) is 1.22. The molecule has 0 amide bonds. The Hall–Kier alpha value is -0.640. The summed E-state index contributed by atoms with van der Waals surface area (Å²) in [6.07, 6.45) is 1.10. The molecule has 68 valence electrons. The predicted octanol–water partition coefficient (Wildman–Crippen LogP) is -0.830. The Bertz CT molecular complexity index is 292. The smallest absolute Gasteiger partial charge is 0.212 e. The first kappa shape index (κ1) is 9.45. The monoisotopic (exact) mass is 190 g/mol. The lowest BCUT2D eigenvalue weighted by Crippen LogP contribution is -2.47. The molecule has 0 bridgehead atoms. The second kappa shape index (κ2) is 3.39. The number of morpholine rings is 1. The van der Waals surface area contributed by atoms with E-state index in [-0.39, 0.29) is 13.2 Å². The van der Waals surface area contributed by atoms with Gasteiger partial charge in [0.25, 0.3) is 0 Å². The molecule has 1 rings (SSSR count). The third-order valence-electron chi connectivity index (χ3n) is 1.65. The number of nitrogens with zero attached hydrogens (tertiary/aromatic N) is 2. The van der Waals surface area contributed by atoms with Crippen LogP contribution in [0.15, 0.2) is 0 Å². The fourth-order valence-corrected chi connectivity index (χ4v) is 2.06. The molecule has 1 atom stereocenters. The molecule has 0 saturated carbocycles. The molecule has 5 nitrogen and oxygen atoms in total. The first-order valence-electron chi connectivity index (χ1n) is 3.50. The topological polar surface area (TPSA) is 70.4 Å². The molecule has 0 N–H and O–H groups in total. The molecule has 1 aliphatic heterocycles. The zero-order valence-corrected chi connectivity index (χ0v) is 7.54. The van der Waals surface area contributed by atoms with Gasteiger partial charge in [-0.3, -0.25) is 0 Å². The SMILES string of the molecule is CS(=O)(=O)N1CCOCC1C#N. The lowest BCUT2D eigenvalue weighted by Gasteiger charge is -2.28. The fourth-order valence-electron chi connectivity index (χ4n) is 1.09. The van der Waals surface area contributed by atoms with Crippen molar-refractivity contribution in [3.05, 3.63) is 0 Å². The van der Waals surface area contributed by atoms with E-state index >= 15 is 0 Å². The minimum Gasteiger partial charge on any atom is -0.377 e. The van der Waals surface area contributed by atoms with Crippen molar-refractivity contribution in [1.29, 1.82) is 5.26 Å². The molecule has 1 aliphatic rings. The van der Waals surface area contributed by atoms with Gasteiger partial charge >= 0.3 is 0 Å². The van der Waals surface area contributed by atoms with Crippen molar-refractivity contribution in [2.75, 3.05) is 26.0 Å². The van der Waals surface area contributed by atoms with Crippen LogP contribution in [-0.2, 0) is 14.8 Å². The van der Waals surface area contributed by atoms with E-state index in [4.69, 9.17) is 10.00 Å². The maximum Gasteiger partial charge on any atom is 0.212 e. The third-order valence-corrected chi connectivity index (χ3v) is 2.94. The van der Waals surface area contributed by atoms with Crippen LogP contribution in [0.4, 0.5) is 0 Å².